The summed E-state index contributed by atoms with van der Waals surface area (Å²) in [6.07, 6.45) is 3.91. The third kappa shape index (κ3) is 4.87. The van der Waals surface area contributed by atoms with E-state index in [2.05, 4.69) is 28.2 Å². The Labute approximate surface area is 134 Å². The molecule has 0 spiro atoms. The van der Waals surface area contributed by atoms with Gasteiger partial charge in [-0.3, -0.25) is 4.79 Å². The Morgan fingerprint density at radius 2 is 2.15 bits per heavy atom. The second-order valence-corrected chi connectivity index (χ2v) is 6.15. The molecule has 1 unspecified atom stereocenters. The first-order valence-electron chi connectivity index (χ1n) is 6.89. The molecule has 0 aliphatic heterocycles. The van der Waals surface area contributed by atoms with Crippen molar-refractivity contribution in [3.8, 4) is 0 Å². The van der Waals surface area contributed by atoms with Crippen molar-refractivity contribution in [3.63, 3.8) is 0 Å². The monoisotopic (exact) mass is 356 g/mol. The van der Waals surface area contributed by atoms with Gasteiger partial charge in [-0.1, -0.05) is 54.8 Å². The maximum absolute atomic E-state index is 12.3. The second-order valence-electron chi connectivity index (χ2n) is 4.79. The van der Waals surface area contributed by atoms with Gasteiger partial charge in [0, 0.05) is 16.0 Å². The van der Waals surface area contributed by atoms with E-state index in [-0.39, 0.29) is 16.8 Å². The van der Waals surface area contributed by atoms with Crippen LogP contribution in [0.5, 0.6) is 0 Å². The SMILES string of the molecule is CCCCC(CC)C(=O)Nc1ccc(Br)cc1C(N)=S. The molecule has 0 fully saturated rings. The van der Waals surface area contributed by atoms with E-state index in [0.29, 0.717) is 11.3 Å². The fraction of sp³-hybridized carbons (Fsp3) is 0.467. The molecule has 1 amide bonds. The summed E-state index contributed by atoms with van der Waals surface area (Å²) in [4.78, 5) is 12.6. The van der Waals surface area contributed by atoms with E-state index in [1.807, 2.05) is 25.1 Å². The number of amides is 1. The number of unbranched alkanes of at least 4 members (excludes halogenated alkanes) is 1. The van der Waals surface area contributed by atoms with E-state index in [0.717, 1.165) is 30.2 Å². The summed E-state index contributed by atoms with van der Waals surface area (Å²) in [5, 5.41) is 2.95. The molecule has 1 rings (SSSR count). The molecular weight excluding hydrogens is 336 g/mol. The first-order valence-corrected chi connectivity index (χ1v) is 8.09. The zero-order valence-electron chi connectivity index (χ0n) is 11.9. The largest absolute Gasteiger partial charge is 0.389 e. The first kappa shape index (κ1) is 17.1. The van der Waals surface area contributed by atoms with Crippen LogP contribution in [-0.2, 0) is 4.79 Å². The van der Waals surface area contributed by atoms with Crippen molar-refractivity contribution < 1.29 is 4.79 Å². The zero-order chi connectivity index (χ0) is 15.1. The van der Waals surface area contributed by atoms with E-state index < -0.39 is 0 Å². The van der Waals surface area contributed by atoms with Crippen molar-refractivity contribution in [3.05, 3.63) is 28.2 Å². The number of hydrogen-bond acceptors (Lipinski definition) is 2. The van der Waals surface area contributed by atoms with Gasteiger partial charge in [-0.2, -0.15) is 0 Å². The van der Waals surface area contributed by atoms with Gasteiger partial charge < -0.3 is 11.1 Å². The molecular formula is C15H21BrN2OS. The molecule has 1 aromatic carbocycles. The molecule has 3 N–H and O–H groups in total. The molecule has 20 heavy (non-hydrogen) atoms. The molecule has 0 aliphatic rings. The Kier molecular flexibility index (Phi) is 7.16. The van der Waals surface area contributed by atoms with Gasteiger partial charge in [-0.05, 0) is 31.0 Å². The Morgan fingerprint density at radius 1 is 1.45 bits per heavy atom. The summed E-state index contributed by atoms with van der Waals surface area (Å²) in [5.41, 5.74) is 7.08. The number of anilines is 1. The molecule has 0 heterocycles. The standard InChI is InChI=1S/C15H21BrN2OS/c1-3-5-6-10(4-2)15(19)18-13-8-7-11(16)9-12(13)14(17)20/h7-10H,3-6H2,1-2H3,(H2,17,20)(H,18,19). The smallest absolute Gasteiger partial charge is 0.227 e. The van der Waals surface area contributed by atoms with Crippen molar-refractivity contribution in [2.45, 2.75) is 39.5 Å². The Balaban J connectivity index is 2.86. The summed E-state index contributed by atoms with van der Waals surface area (Å²) in [7, 11) is 0. The summed E-state index contributed by atoms with van der Waals surface area (Å²) < 4.78 is 0.885. The number of halogens is 1. The molecule has 3 nitrogen and oxygen atoms in total. The number of nitrogens with two attached hydrogens (primary N) is 1. The summed E-state index contributed by atoms with van der Waals surface area (Å²) in [6.45, 7) is 4.17. The second kappa shape index (κ2) is 8.37. The maximum Gasteiger partial charge on any atom is 0.227 e. The van der Waals surface area contributed by atoms with Gasteiger partial charge in [0.05, 0.1) is 5.69 Å². The number of carbonyl (C=O) groups excluding carboxylic acids is 1. The number of benzene rings is 1. The molecule has 0 radical (unpaired) electrons. The fourth-order valence-electron chi connectivity index (χ4n) is 2.04. The van der Waals surface area contributed by atoms with Gasteiger partial charge in [0.15, 0.2) is 0 Å². The number of nitrogens with one attached hydrogen (secondary N) is 1. The van der Waals surface area contributed by atoms with Gasteiger partial charge in [-0.15, -0.1) is 0 Å². The van der Waals surface area contributed by atoms with Crippen LogP contribution in [-0.4, -0.2) is 10.9 Å². The molecule has 0 saturated heterocycles. The molecule has 0 aromatic heterocycles. The minimum Gasteiger partial charge on any atom is -0.389 e. The van der Waals surface area contributed by atoms with Crippen molar-refractivity contribution in [1.82, 2.24) is 0 Å². The van der Waals surface area contributed by atoms with Crippen LogP contribution in [0.15, 0.2) is 22.7 Å². The summed E-state index contributed by atoms with van der Waals surface area (Å²) in [6, 6.07) is 5.51. The molecule has 0 bridgehead atoms. The van der Waals surface area contributed by atoms with Crippen molar-refractivity contribution in [2.75, 3.05) is 5.32 Å². The highest BCUT2D eigenvalue weighted by atomic mass is 79.9. The normalized spacial score (nSPS) is 11.9. The third-order valence-electron chi connectivity index (χ3n) is 3.27. The third-order valence-corrected chi connectivity index (χ3v) is 3.99. The van der Waals surface area contributed by atoms with E-state index in [1.54, 1.807) is 0 Å². The first-order chi connectivity index (χ1) is 9.49. The Hall–Kier alpha value is -0.940. The highest BCUT2D eigenvalue weighted by Crippen LogP contribution is 2.23. The number of rotatable bonds is 7. The number of hydrogen-bond donors (Lipinski definition) is 2. The molecule has 0 saturated carbocycles. The van der Waals surface area contributed by atoms with Crippen molar-refractivity contribution in [2.24, 2.45) is 11.7 Å². The van der Waals surface area contributed by atoms with Crippen LogP contribution in [0.3, 0.4) is 0 Å². The molecule has 5 heteroatoms. The van der Waals surface area contributed by atoms with Crippen LogP contribution < -0.4 is 11.1 Å². The lowest BCUT2D eigenvalue weighted by Crippen LogP contribution is -2.24. The predicted molar refractivity (Wildman–Crippen MR) is 92.0 cm³/mol. The van der Waals surface area contributed by atoms with E-state index in [9.17, 15) is 4.79 Å². The van der Waals surface area contributed by atoms with E-state index >= 15 is 0 Å². The van der Waals surface area contributed by atoms with Gasteiger partial charge in [0.25, 0.3) is 0 Å². The summed E-state index contributed by atoms with van der Waals surface area (Å²) in [5.74, 6) is 0.0820. The quantitative estimate of drug-likeness (QED) is 0.718. The van der Waals surface area contributed by atoms with E-state index in [1.165, 1.54) is 0 Å². The average Bonchev–Trinajstić information content (AvgIpc) is 2.41. The summed E-state index contributed by atoms with van der Waals surface area (Å²) >= 11 is 8.41. The Morgan fingerprint density at radius 3 is 2.70 bits per heavy atom. The Bertz CT molecular complexity index is 491. The average molecular weight is 357 g/mol. The van der Waals surface area contributed by atoms with E-state index in [4.69, 9.17) is 18.0 Å². The minimum absolute atomic E-state index is 0.0396. The van der Waals surface area contributed by atoms with Crippen LogP contribution >= 0.6 is 28.1 Å². The van der Waals surface area contributed by atoms with Crippen LogP contribution in [0, 0.1) is 5.92 Å². The molecule has 0 aliphatic carbocycles. The highest BCUT2D eigenvalue weighted by molar-refractivity contribution is 9.10. The molecule has 1 atom stereocenters. The van der Waals surface area contributed by atoms with Gasteiger partial charge in [0.2, 0.25) is 5.91 Å². The van der Waals surface area contributed by atoms with Gasteiger partial charge in [0.1, 0.15) is 4.99 Å². The van der Waals surface area contributed by atoms with Crippen LogP contribution in [0.25, 0.3) is 0 Å². The molecule has 1 aromatic rings. The van der Waals surface area contributed by atoms with Crippen molar-refractivity contribution >= 4 is 44.7 Å². The lowest BCUT2D eigenvalue weighted by Gasteiger charge is -2.16. The van der Waals surface area contributed by atoms with Crippen LogP contribution in [0.1, 0.15) is 45.1 Å². The topological polar surface area (TPSA) is 55.1 Å². The van der Waals surface area contributed by atoms with Crippen LogP contribution in [0.4, 0.5) is 5.69 Å². The van der Waals surface area contributed by atoms with Crippen molar-refractivity contribution in [1.29, 1.82) is 0 Å². The highest BCUT2D eigenvalue weighted by Gasteiger charge is 2.17. The fourth-order valence-corrected chi connectivity index (χ4v) is 2.57. The predicted octanol–water partition coefficient (Wildman–Crippen LogP) is 4.24. The number of carbonyl (C=O) groups is 1. The minimum atomic E-state index is 0.0396. The maximum atomic E-state index is 12.3. The zero-order valence-corrected chi connectivity index (χ0v) is 14.3. The van der Waals surface area contributed by atoms with Gasteiger partial charge >= 0.3 is 0 Å². The lowest BCUT2D eigenvalue weighted by atomic mass is 9.98. The van der Waals surface area contributed by atoms with Crippen LogP contribution in [0.2, 0.25) is 0 Å². The lowest BCUT2D eigenvalue weighted by molar-refractivity contribution is -0.120. The number of thiocarbonyl (C=S) groups is 1. The molecule has 110 valence electrons. The van der Waals surface area contributed by atoms with Gasteiger partial charge in [-0.25, -0.2) is 0 Å².